The number of para-hydroxylation sites is 1. The third-order valence-corrected chi connectivity index (χ3v) is 6.26. The number of fused-ring (bicyclic) bond motifs is 1. The number of allylic oxidation sites excluding steroid dienone is 1. The van der Waals surface area contributed by atoms with Gasteiger partial charge >= 0.3 is 0 Å². The average Bonchev–Trinajstić information content (AvgIpc) is 3.23. The lowest BCUT2D eigenvalue weighted by atomic mass is 9.95. The van der Waals surface area contributed by atoms with E-state index in [0.717, 1.165) is 41.3 Å². The minimum Gasteiger partial charge on any atom is -0.494 e. The number of thioether (sulfide) groups is 1. The molecule has 33 heavy (non-hydrogen) atoms. The number of nitrogens with zero attached hydrogens (tertiary/aromatic N) is 3. The third-order valence-electron chi connectivity index (χ3n) is 5.21. The third kappa shape index (κ3) is 5.22. The summed E-state index contributed by atoms with van der Waals surface area (Å²) in [4.78, 5) is 18.1. The fraction of sp³-hybridized carbons (Fsp3) is 0.320. The summed E-state index contributed by atoms with van der Waals surface area (Å²) >= 11 is 1.61. The number of anilines is 2. The van der Waals surface area contributed by atoms with Crippen molar-refractivity contribution in [2.45, 2.75) is 44.8 Å². The number of ether oxygens (including phenoxy) is 1. The van der Waals surface area contributed by atoms with Gasteiger partial charge in [-0.15, -0.1) is 5.10 Å². The Hall–Kier alpha value is -3.26. The molecule has 1 aliphatic heterocycles. The Labute approximate surface area is 198 Å². The van der Waals surface area contributed by atoms with Crippen LogP contribution < -0.4 is 15.4 Å². The molecule has 1 atom stereocenters. The first-order valence-corrected chi connectivity index (χ1v) is 12.3. The van der Waals surface area contributed by atoms with Crippen molar-refractivity contribution >= 4 is 29.3 Å². The van der Waals surface area contributed by atoms with Crippen molar-refractivity contribution in [3.8, 4) is 5.75 Å². The Morgan fingerprint density at radius 3 is 2.58 bits per heavy atom. The molecule has 8 heteroatoms. The second kappa shape index (κ2) is 10.6. The fourth-order valence-electron chi connectivity index (χ4n) is 3.67. The van der Waals surface area contributed by atoms with Crippen LogP contribution in [0.4, 0.5) is 11.6 Å². The van der Waals surface area contributed by atoms with E-state index in [-0.39, 0.29) is 5.91 Å². The zero-order valence-electron chi connectivity index (χ0n) is 19.2. The molecule has 2 N–H and O–H groups in total. The maximum Gasteiger partial charge on any atom is 0.255 e. The predicted molar refractivity (Wildman–Crippen MR) is 133 cm³/mol. The molecule has 2 aromatic carbocycles. The van der Waals surface area contributed by atoms with Gasteiger partial charge in [0.2, 0.25) is 11.1 Å². The standard InChI is InChI=1S/C25H29N5O2S/c1-4-15-32-20-13-11-18(12-14-20)22-21(23(31)27-19-9-7-6-8-10-19)17(3)26-24-28-25(29-30(22)24)33-16-5-2/h6-14,22H,4-5,15-16H2,1-3H3,(H,27,31)(H,26,28,29). The summed E-state index contributed by atoms with van der Waals surface area (Å²) in [6, 6.07) is 16.9. The topological polar surface area (TPSA) is 81.1 Å². The van der Waals surface area contributed by atoms with Gasteiger partial charge < -0.3 is 15.4 Å². The second-order valence-electron chi connectivity index (χ2n) is 7.81. The predicted octanol–water partition coefficient (Wildman–Crippen LogP) is 5.50. The lowest BCUT2D eigenvalue weighted by Crippen LogP contribution is -2.31. The van der Waals surface area contributed by atoms with Crippen molar-refractivity contribution in [2.75, 3.05) is 23.0 Å². The van der Waals surface area contributed by atoms with Gasteiger partial charge in [0.25, 0.3) is 5.91 Å². The normalized spacial score (nSPS) is 15.1. The van der Waals surface area contributed by atoms with Gasteiger partial charge in [-0.3, -0.25) is 4.79 Å². The van der Waals surface area contributed by atoms with Crippen LogP contribution in [0.1, 0.15) is 45.2 Å². The molecule has 0 spiro atoms. The molecule has 0 saturated heterocycles. The van der Waals surface area contributed by atoms with E-state index in [1.54, 1.807) is 11.8 Å². The second-order valence-corrected chi connectivity index (χ2v) is 8.88. The maximum absolute atomic E-state index is 13.5. The molecule has 2 heterocycles. The van der Waals surface area contributed by atoms with Gasteiger partial charge in [0.1, 0.15) is 11.8 Å². The number of benzene rings is 2. The van der Waals surface area contributed by atoms with E-state index < -0.39 is 6.04 Å². The molecule has 1 aromatic heterocycles. The minimum atomic E-state index is -0.409. The molecule has 7 nitrogen and oxygen atoms in total. The average molecular weight is 464 g/mol. The molecule has 0 bridgehead atoms. The van der Waals surface area contributed by atoms with Gasteiger partial charge in [-0.05, 0) is 49.6 Å². The van der Waals surface area contributed by atoms with Crippen LogP contribution in [0.15, 0.2) is 71.0 Å². The van der Waals surface area contributed by atoms with Gasteiger partial charge in [-0.25, -0.2) is 4.68 Å². The van der Waals surface area contributed by atoms with Crippen LogP contribution in [0.5, 0.6) is 5.75 Å². The first kappa shape index (κ1) is 22.9. The van der Waals surface area contributed by atoms with Crippen LogP contribution in [-0.4, -0.2) is 33.0 Å². The quantitative estimate of drug-likeness (QED) is 0.408. The summed E-state index contributed by atoms with van der Waals surface area (Å²) in [7, 11) is 0. The molecule has 1 unspecified atom stereocenters. The Kier molecular flexibility index (Phi) is 7.34. The summed E-state index contributed by atoms with van der Waals surface area (Å²) in [5.74, 6) is 2.21. The Bertz CT molecular complexity index is 1130. The number of hydrogen-bond donors (Lipinski definition) is 2. The van der Waals surface area contributed by atoms with Crippen molar-refractivity contribution in [2.24, 2.45) is 0 Å². The van der Waals surface area contributed by atoms with Crippen LogP contribution in [0, 0.1) is 0 Å². The SMILES string of the molecule is CCCOc1ccc(C2C(C(=O)Nc3ccccc3)=C(C)Nc3nc(SCCC)nn32)cc1. The molecule has 1 amide bonds. The summed E-state index contributed by atoms with van der Waals surface area (Å²) in [5.41, 5.74) is 3.04. The van der Waals surface area contributed by atoms with Gasteiger partial charge in [-0.1, -0.05) is 55.9 Å². The Balaban J connectivity index is 1.71. The van der Waals surface area contributed by atoms with Crippen molar-refractivity contribution in [1.82, 2.24) is 14.8 Å². The maximum atomic E-state index is 13.5. The van der Waals surface area contributed by atoms with Crippen molar-refractivity contribution in [1.29, 1.82) is 0 Å². The van der Waals surface area contributed by atoms with Gasteiger partial charge in [0.05, 0.1) is 12.2 Å². The lowest BCUT2D eigenvalue weighted by molar-refractivity contribution is -0.113. The summed E-state index contributed by atoms with van der Waals surface area (Å²) in [6.45, 7) is 6.78. The molecule has 3 aromatic rings. The van der Waals surface area contributed by atoms with Crippen molar-refractivity contribution in [3.05, 3.63) is 71.4 Å². The van der Waals surface area contributed by atoms with E-state index in [2.05, 4.69) is 29.5 Å². The molecule has 4 rings (SSSR count). The highest BCUT2D eigenvalue weighted by Gasteiger charge is 2.34. The van der Waals surface area contributed by atoms with E-state index in [1.807, 2.05) is 66.2 Å². The van der Waals surface area contributed by atoms with E-state index in [4.69, 9.17) is 9.84 Å². The van der Waals surface area contributed by atoms with E-state index in [9.17, 15) is 4.79 Å². The molecular weight excluding hydrogens is 434 g/mol. The van der Waals surface area contributed by atoms with E-state index in [0.29, 0.717) is 23.3 Å². The summed E-state index contributed by atoms with van der Waals surface area (Å²) in [5, 5.41) is 11.8. The number of amides is 1. The van der Waals surface area contributed by atoms with Gasteiger partial charge in [-0.2, -0.15) is 4.98 Å². The van der Waals surface area contributed by atoms with Crippen LogP contribution in [0.2, 0.25) is 0 Å². The smallest absolute Gasteiger partial charge is 0.255 e. The summed E-state index contributed by atoms with van der Waals surface area (Å²) in [6.07, 6.45) is 1.98. The zero-order chi connectivity index (χ0) is 23.2. The fourth-order valence-corrected chi connectivity index (χ4v) is 4.36. The highest BCUT2D eigenvalue weighted by Crippen LogP contribution is 2.37. The number of hydrogen-bond acceptors (Lipinski definition) is 6. The molecule has 0 fully saturated rings. The first-order chi connectivity index (χ1) is 16.1. The Morgan fingerprint density at radius 2 is 1.88 bits per heavy atom. The molecule has 0 aliphatic carbocycles. The zero-order valence-corrected chi connectivity index (χ0v) is 20.0. The largest absolute Gasteiger partial charge is 0.494 e. The van der Waals surface area contributed by atoms with Crippen LogP contribution in [0.3, 0.4) is 0 Å². The Morgan fingerprint density at radius 1 is 1.12 bits per heavy atom. The number of carbonyl (C=O) groups is 1. The van der Waals surface area contributed by atoms with E-state index in [1.165, 1.54) is 0 Å². The molecule has 1 aliphatic rings. The lowest BCUT2D eigenvalue weighted by Gasteiger charge is -2.28. The molecular formula is C25H29N5O2S. The van der Waals surface area contributed by atoms with Crippen LogP contribution in [-0.2, 0) is 4.79 Å². The highest BCUT2D eigenvalue weighted by molar-refractivity contribution is 7.99. The molecule has 0 saturated carbocycles. The van der Waals surface area contributed by atoms with Crippen LogP contribution >= 0.6 is 11.8 Å². The number of carbonyl (C=O) groups excluding carboxylic acids is 1. The molecule has 0 radical (unpaired) electrons. The minimum absolute atomic E-state index is 0.175. The van der Waals surface area contributed by atoms with Crippen LogP contribution in [0.25, 0.3) is 0 Å². The monoisotopic (exact) mass is 463 g/mol. The number of rotatable bonds is 9. The summed E-state index contributed by atoms with van der Waals surface area (Å²) < 4.78 is 7.56. The van der Waals surface area contributed by atoms with Gasteiger partial charge in [0.15, 0.2) is 0 Å². The molecule has 172 valence electrons. The number of aromatic nitrogens is 3. The van der Waals surface area contributed by atoms with E-state index >= 15 is 0 Å². The van der Waals surface area contributed by atoms with Gasteiger partial charge in [0, 0.05) is 17.1 Å². The van der Waals surface area contributed by atoms with Crippen molar-refractivity contribution < 1.29 is 9.53 Å². The highest BCUT2D eigenvalue weighted by atomic mass is 32.2. The number of nitrogens with one attached hydrogen (secondary N) is 2. The van der Waals surface area contributed by atoms with Crippen molar-refractivity contribution in [3.63, 3.8) is 0 Å². The first-order valence-electron chi connectivity index (χ1n) is 11.3.